The first kappa shape index (κ1) is 9.52. The number of esters is 1. The van der Waals surface area contributed by atoms with Gasteiger partial charge < -0.3 is 4.74 Å². The molecule has 68 valence electrons. The van der Waals surface area contributed by atoms with Gasteiger partial charge in [0.1, 0.15) is 0 Å². The highest BCUT2D eigenvalue weighted by Crippen LogP contribution is 2.06. The molecule has 1 aromatic carbocycles. The number of benzene rings is 1. The summed E-state index contributed by atoms with van der Waals surface area (Å²) in [6.07, 6.45) is 1.80. The summed E-state index contributed by atoms with van der Waals surface area (Å²) < 4.78 is 4.58. The number of carbonyl (C=O) groups is 1. The van der Waals surface area contributed by atoms with Gasteiger partial charge in [-0.1, -0.05) is 30.3 Å². The fraction of sp³-hybridized carbons (Fsp3) is 0.182. The van der Waals surface area contributed by atoms with Crippen molar-refractivity contribution in [1.29, 1.82) is 0 Å². The lowest BCUT2D eigenvalue weighted by Gasteiger charge is -1.98. The average Bonchev–Trinajstić information content (AvgIpc) is 2.18. The Kier molecular flexibility index (Phi) is 3.26. The van der Waals surface area contributed by atoms with E-state index in [1.807, 2.05) is 30.3 Å². The van der Waals surface area contributed by atoms with Gasteiger partial charge in [-0.3, -0.25) is 0 Å². The predicted octanol–water partition coefficient (Wildman–Crippen LogP) is 2.26. The number of carbonyl (C=O) groups excluding carboxylic acids is 1. The molecule has 1 rings (SSSR count). The molecule has 0 fully saturated rings. The Bertz CT molecular complexity index is 312. The average molecular weight is 176 g/mol. The molecule has 0 amide bonds. The van der Waals surface area contributed by atoms with Crippen LogP contribution in [0.4, 0.5) is 0 Å². The van der Waals surface area contributed by atoms with Crippen LogP contribution in [0.3, 0.4) is 0 Å². The molecule has 2 nitrogen and oxygen atoms in total. The van der Waals surface area contributed by atoms with E-state index in [-0.39, 0.29) is 5.97 Å². The van der Waals surface area contributed by atoms with E-state index in [1.54, 1.807) is 13.0 Å². The maximum atomic E-state index is 11.0. The number of ether oxygens (including phenoxy) is 1. The lowest BCUT2D eigenvalue weighted by Crippen LogP contribution is -2.00. The van der Waals surface area contributed by atoms with Crippen LogP contribution in [0, 0.1) is 0 Å². The molecule has 0 saturated heterocycles. The zero-order chi connectivity index (χ0) is 9.68. The fourth-order valence-electron chi connectivity index (χ4n) is 1.02. The Hall–Kier alpha value is -1.57. The second-order valence-electron chi connectivity index (χ2n) is 2.73. The molecule has 0 aliphatic heterocycles. The third kappa shape index (κ3) is 2.75. The first-order valence-electron chi connectivity index (χ1n) is 4.05. The van der Waals surface area contributed by atoms with Gasteiger partial charge in [0.05, 0.1) is 7.11 Å². The maximum absolute atomic E-state index is 11.0. The molecule has 0 N–H and O–H groups in total. The number of hydrogen-bond donors (Lipinski definition) is 0. The van der Waals surface area contributed by atoms with Crippen molar-refractivity contribution in [1.82, 2.24) is 0 Å². The van der Waals surface area contributed by atoms with Gasteiger partial charge in [0.15, 0.2) is 0 Å². The van der Waals surface area contributed by atoms with Crippen molar-refractivity contribution in [2.75, 3.05) is 7.11 Å². The highest BCUT2D eigenvalue weighted by molar-refractivity contribution is 5.92. The minimum atomic E-state index is -0.288. The third-order valence-electron chi connectivity index (χ3n) is 1.69. The van der Waals surface area contributed by atoms with Gasteiger partial charge in [0, 0.05) is 5.57 Å². The Labute approximate surface area is 77.8 Å². The van der Waals surface area contributed by atoms with Crippen LogP contribution in [0.25, 0.3) is 6.08 Å². The molecule has 0 saturated carbocycles. The Morgan fingerprint density at radius 3 is 2.46 bits per heavy atom. The molecule has 0 unspecified atom stereocenters. The largest absolute Gasteiger partial charge is 0.466 e. The highest BCUT2D eigenvalue weighted by atomic mass is 16.5. The molecule has 0 heterocycles. The van der Waals surface area contributed by atoms with E-state index in [4.69, 9.17) is 0 Å². The number of hydrogen-bond acceptors (Lipinski definition) is 2. The van der Waals surface area contributed by atoms with Crippen molar-refractivity contribution in [3.05, 3.63) is 41.5 Å². The topological polar surface area (TPSA) is 26.3 Å². The van der Waals surface area contributed by atoms with Crippen LogP contribution in [-0.4, -0.2) is 13.1 Å². The Morgan fingerprint density at radius 1 is 1.31 bits per heavy atom. The van der Waals surface area contributed by atoms with Crippen molar-refractivity contribution in [2.24, 2.45) is 0 Å². The van der Waals surface area contributed by atoms with Gasteiger partial charge in [-0.15, -0.1) is 0 Å². The van der Waals surface area contributed by atoms with Gasteiger partial charge in [-0.25, -0.2) is 4.79 Å². The van der Waals surface area contributed by atoms with Crippen molar-refractivity contribution in [3.8, 4) is 0 Å². The van der Waals surface area contributed by atoms with E-state index >= 15 is 0 Å². The summed E-state index contributed by atoms with van der Waals surface area (Å²) >= 11 is 0. The summed E-state index contributed by atoms with van der Waals surface area (Å²) in [6.45, 7) is 1.73. The highest BCUT2D eigenvalue weighted by Gasteiger charge is 2.01. The van der Waals surface area contributed by atoms with Gasteiger partial charge >= 0.3 is 5.97 Å². The zero-order valence-electron chi connectivity index (χ0n) is 7.78. The number of rotatable bonds is 2. The van der Waals surface area contributed by atoms with E-state index in [0.717, 1.165) is 5.56 Å². The maximum Gasteiger partial charge on any atom is 0.333 e. The Balaban J connectivity index is 2.83. The quantitative estimate of drug-likeness (QED) is 0.510. The smallest absolute Gasteiger partial charge is 0.333 e. The first-order chi connectivity index (χ1) is 6.24. The molecule has 0 radical (unpaired) electrons. The minimum absolute atomic E-state index is 0.288. The normalized spacial score (nSPS) is 11.1. The predicted molar refractivity (Wildman–Crippen MR) is 52.1 cm³/mol. The second kappa shape index (κ2) is 4.45. The summed E-state index contributed by atoms with van der Waals surface area (Å²) in [6, 6.07) is 9.66. The minimum Gasteiger partial charge on any atom is -0.466 e. The first-order valence-corrected chi connectivity index (χ1v) is 4.05. The second-order valence-corrected chi connectivity index (χ2v) is 2.73. The molecular weight excluding hydrogens is 164 g/mol. The number of methoxy groups -OCH3 is 1. The van der Waals surface area contributed by atoms with E-state index in [0.29, 0.717) is 5.57 Å². The molecule has 1 aromatic rings. The zero-order valence-corrected chi connectivity index (χ0v) is 7.78. The summed E-state index contributed by atoms with van der Waals surface area (Å²) in [5.74, 6) is -0.288. The van der Waals surface area contributed by atoms with Crippen molar-refractivity contribution < 1.29 is 9.53 Å². The summed E-state index contributed by atoms with van der Waals surface area (Å²) in [5.41, 5.74) is 1.61. The van der Waals surface area contributed by atoms with Crippen molar-refractivity contribution in [3.63, 3.8) is 0 Å². The van der Waals surface area contributed by atoms with E-state index in [2.05, 4.69) is 4.74 Å². The molecule has 0 aliphatic carbocycles. The van der Waals surface area contributed by atoms with E-state index in [9.17, 15) is 4.79 Å². The summed E-state index contributed by atoms with van der Waals surface area (Å²) in [4.78, 5) is 11.0. The van der Waals surface area contributed by atoms with Crippen LogP contribution in [-0.2, 0) is 9.53 Å². The van der Waals surface area contributed by atoms with E-state index < -0.39 is 0 Å². The molecule has 13 heavy (non-hydrogen) atoms. The monoisotopic (exact) mass is 176 g/mol. The van der Waals surface area contributed by atoms with Crippen LogP contribution >= 0.6 is 0 Å². The SMILES string of the molecule is COC(=O)/C(C)=C\c1ccccc1. The van der Waals surface area contributed by atoms with Crippen LogP contribution in [0.5, 0.6) is 0 Å². The fourth-order valence-corrected chi connectivity index (χ4v) is 1.02. The Morgan fingerprint density at radius 2 is 1.92 bits per heavy atom. The molecule has 0 spiro atoms. The summed E-state index contributed by atoms with van der Waals surface area (Å²) in [5, 5.41) is 0. The molecule has 0 bridgehead atoms. The van der Waals surface area contributed by atoms with Gasteiger partial charge in [0.25, 0.3) is 0 Å². The van der Waals surface area contributed by atoms with Gasteiger partial charge in [-0.05, 0) is 18.6 Å². The standard InChI is InChI=1S/C11H12O2/c1-9(11(12)13-2)8-10-6-4-3-5-7-10/h3-8H,1-2H3/b9-8-. The van der Waals surface area contributed by atoms with Crippen LogP contribution < -0.4 is 0 Å². The van der Waals surface area contributed by atoms with Crippen molar-refractivity contribution in [2.45, 2.75) is 6.92 Å². The lowest BCUT2D eigenvalue weighted by atomic mass is 10.1. The van der Waals surface area contributed by atoms with Crippen LogP contribution in [0.15, 0.2) is 35.9 Å². The lowest BCUT2D eigenvalue weighted by molar-refractivity contribution is -0.135. The van der Waals surface area contributed by atoms with Gasteiger partial charge in [-0.2, -0.15) is 0 Å². The molecule has 0 atom stereocenters. The van der Waals surface area contributed by atoms with Crippen molar-refractivity contribution >= 4 is 12.0 Å². The van der Waals surface area contributed by atoms with Gasteiger partial charge in [0.2, 0.25) is 0 Å². The molecule has 2 heteroatoms. The third-order valence-corrected chi connectivity index (χ3v) is 1.69. The van der Waals surface area contributed by atoms with E-state index in [1.165, 1.54) is 7.11 Å². The molecule has 0 aliphatic rings. The molecular formula is C11H12O2. The molecule has 0 aromatic heterocycles. The van der Waals surface area contributed by atoms with Crippen LogP contribution in [0.2, 0.25) is 0 Å². The summed E-state index contributed by atoms with van der Waals surface area (Å²) in [7, 11) is 1.38. The van der Waals surface area contributed by atoms with Crippen LogP contribution in [0.1, 0.15) is 12.5 Å².